The van der Waals surface area contributed by atoms with Gasteiger partial charge in [-0.05, 0) is 43.5 Å². The van der Waals surface area contributed by atoms with E-state index in [9.17, 15) is 9.18 Å². The van der Waals surface area contributed by atoms with E-state index in [0.29, 0.717) is 19.5 Å². The minimum atomic E-state index is -0.229. The fourth-order valence-electron chi connectivity index (χ4n) is 3.29. The number of likely N-dealkylation sites (tertiary alicyclic amines) is 1. The molecule has 0 aliphatic carbocycles. The summed E-state index contributed by atoms with van der Waals surface area (Å²) < 4.78 is 13.5. The number of guanidine groups is 1. The fourth-order valence-corrected chi connectivity index (χ4v) is 3.29. The van der Waals surface area contributed by atoms with Crippen molar-refractivity contribution in [3.05, 3.63) is 35.8 Å². The summed E-state index contributed by atoms with van der Waals surface area (Å²) in [6.07, 6.45) is 4.02. The minimum absolute atomic E-state index is 0. The number of hydrogen-bond donors (Lipinski definition) is 3. The van der Waals surface area contributed by atoms with Gasteiger partial charge in [0, 0.05) is 56.2 Å². The van der Waals surface area contributed by atoms with Crippen molar-refractivity contribution >= 4 is 46.7 Å². The second-order valence-corrected chi connectivity index (χ2v) is 6.67. The molecule has 0 radical (unpaired) electrons. The molecule has 1 unspecified atom stereocenters. The Balaban J connectivity index is 0.00000261. The zero-order chi connectivity index (χ0) is 18.5. The van der Waals surface area contributed by atoms with Crippen LogP contribution in [0.4, 0.5) is 4.39 Å². The first kappa shape index (κ1) is 21.5. The van der Waals surface area contributed by atoms with E-state index in [4.69, 9.17) is 0 Å². The number of halogens is 2. The zero-order valence-corrected chi connectivity index (χ0v) is 18.0. The molecule has 2 heterocycles. The number of nitrogens with zero attached hydrogens (tertiary/aromatic N) is 2. The predicted octanol–water partition coefficient (Wildman–Crippen LogP) is 2.64. The zero-order valence-electron chi connectivity index (χ0n) is 15.7. The van der Waals surface area contributed by atoms with Crippen molar-refractivity contribution in [2.75, 3.05) is 26.7 Å². The number of fused-ring (bicyclic) bond motifs is 1. The van der Waals surface area contributed by atoms with Crippen LogP contribution < -0.4 is 10.6 Å². The molecular weight excluding hydrogens is 460 g/mol. The van der Waals surface area contributed by atoms with Crippen molar-refractivity contribution in [1.29, 1.82) is 0 Å². The first-order valence-corrected chi connectivity index (χ1v) is 9.11. The van der Waals surface area contributed by atoms with Crippen LogP contribution >= 0.6 is 24.0 Å². The molecule has 27 heavy (non-hydrogen) atoms. The van der Waals surface area contributed by atoms with Crippen molar-refractivity contribution in [3.8, 4) is 0 Å². The maximum Gasteiger partial charge on any atom is 0.222 e. The Bertz CT molecular complexity index is 806. The van der Waals surface area contributed by atoms with Gasteiger partial charge in [-0.2, -0.15) is 0 Å². The maximum absolute atomic E-state index is 13.5. The second-order valence-electron chi connectivity index (χ2n) is 6.67. The maximum atomic E-state index is 13.5. The number of aromatic nitrogens is 1. The average molecular weight is 487 g/mol. The number of carbonyl (C=O) groups is 1. The van der Waals surface area contributed by atoms with Gasteiger partial charge in [-0.15, -0.1) is 24.0 Å². The number of amides is 1. The lowest BCUT2D eigenvalue weighted by Gasteiger charge is -2.31. The van der Waals surface area contributed by atoms with E-state index >= 15 is 0 Å². The van der Waals surface area contributed by atoms with Crippen molar-refractivity contribution in [3.63, 3.8) is 0 Å². The van der Waals surface area contributed by atoms with Crippen LogP contribution in [-0.4, -0.2) is 54.5 Å². The van der Waals surface area contributed by atoms with Crippen LogP contribution in [-0.2, 0) is 11.2 Å². The number of H-pyrrole nitrogens is 1. The molecule has 0 spiro atoms. The largest absolute Gasteiger partial charge is 0.361 e. The number of likely N-dealkylation sites (N-methyl/N-ethyl adjacent to an activating group) is 1. The lowest BCUT2D eigenvalue weighted by atomic mass is 10.1. The SMILES string of the molecule is CCNC(=NCCc1c[nH]c2ccc(F)cc12)NC1CCC(=O)N(C)C1.I. The Hall–Kier alpha value is -1.84. The van der Waals surface area contributed by atoms with Crippen LogP contribution in [0.2, 0.25) is 0 Å². The predicted molar refractivity (Wildman–Crippen MR) is 117 cm³/mol. The van der Waals surface area contributed by atoms with Crippen molar-refractivity contribution in [2.24, 2.45) is 4.99 Å². The Morgan fingerprint density at radius 1 is 1.44 bits per heavy atom. The summed E-state index contributed by atoms with van der Waals surface area (Å²) in [5.74, 6) is 0.718. The van der Waals surface area contributed by atoms with Crippen LogP contribution in [0.3, 0.4) is 0 Å². The highest BCUT2D eigenvalue weighted by Gasteiger charge is 2.23. The molecule has 1 saturated heterocycles. The van der Waals surface area contributed by atoms with Crippen molar-refractivity contribution in [1.82, 2.24) is 20.5 Å². The molecule has 6 nitrogen and oxygen atoms in total. The number of rotatable bonds is 5. The van der Waals surface area contributed by atoms with Gasteiger partial charge in [0.25, 0.3) is 0 Å². The van der Waals surface area contributed by atoms with Crippen LogP contribution in [0.1, 0.15) is 25.3 Å². The highest BCUT2D eigenvalue weighted by atomic mass is 127. The number of carbonyl (C=O) groups excluding carboxylic acids is 1. The summed E-state index contributed by atoms with van der Waals surface area (Å²) in [4.78, 5) is 21.2. The molecule has 1 aromatic carbocycles. The third kappa shape index (κ3) is 5.57. The molecule has 1 aliphatic heterocycles. The summed E-state index contributed by atoms with van der Waals surface area (Å²) in [6, 6.07) is 4.98. The van der Waals surface area contributed by atoms with Crippen molar-refractivity contribution < 1.29 is 9.18 Å². The Labute approximate surface area is 176 Å². The molecule has 2 aromatic rings. The van der Waals surface area contributed by atoms with E-state index < -0.39 is 0 Å². The van der Waals surface area contributed by atoms with Gasteiger partial charge >= 0.3 is 0 Å². The third-order valence-corrected chi connectivity index (χ3v) is 4.69. The minimum Gasteiger partial charge on any atom is -0.361 e. The molecule has 1 aromatic heterocycles. The summed E-state index contributed by atoms with van der Waals surface area (Å²) in [6.45, 7) is 4.08. The van der Waals surface area contributed by atoms with Gasteiger partial charge < -0.3 is 20.5 Å². The molecule has 0 bridgehead atoms. The highest BCUT2D eigenvalue weighted by Crippen LogP contribution is 2.19. The number of nitrogens with one attached hydrogen (secondary N) is 3. The molecular formula is C19H27FIN5O. The van der Waals surface area contributed by atoms with E-state index in [-0.39, 0.29) is 41.7 Å². The first-order chi connectivity index (χ1) is 12.6. The van der Waals surface area contributed by atoms with Gasteiger partial charge in [0.15, 0.2) is 5.96 Å². The summed E-state index contributed by atoms with van der Waals surface area (Å²) >= 11 is 0. The molecule has 3 rings (SSSR count). The molecule has 1 atom stereocenters. The van der Waals surface area contributed by atoms with Gasteiger partial charge in [-0.3, -0.25) is 9.79 Å². The molecule has 3 N–H and O–H groups in total. The lowest BCUT2D eigenvalue weighted by molar-refractivity contribution is -0.132. The van der Waals surface area contributed by atoms with Crippen LogP contribution in [0.15, 0.2) is 29.4 Å². The molecule has 1 aliphatic rings. The number of piperidine rings is 1. The summed E-state index contributed by atoms with van der Waals surface area (Å²) in [5.41, 5.74) is 1.99. The molecule has 0 saturated carbocycles. The van der Waals surface area contributed by atoms with E-state index in [0.717, 1.165) is 41.8 Å². The van der Waals surface area contributed by atoms with E-state index in [1.807, 2.05) is 20.2 Å². The number of hydrogen-bond acceptors (Lipinski definition) is 2. The topological polar surface area (TPSA) is 72.5 Å². The fraction of sp³-hybridized carbons (Fsp3) is 0.474. The third-order valence-electron chi connectivity index (χ3n) is 4.69. The van der Waals surface area contributed by atoms with Gasteiger partial charge in [-0.1, -0.05) is 0 Å². The first-order valence-electron chi connectivity index (χ1n) is 9.11. The van der Waals surface area contributed by atoms with E-state index in [2.05, 4.69) is 20.6 Å². The number of aliphatic imine (C=N–C) groups is 1. The standard InChI is InChI=1S/C19H26FN5O.HI/c1-3-21-19(24-15-5-7-18(26)25(2)12-15)22-9-8-13-11-23-17-6-4-14(20)10-16(13)17;/h4,6,10-11,15,23H,3,5,7-9,12H2,1-2H3,(H2,21,22,24);1H. The summed E-state index contributed by atoms with van der Waals surface area (Å²) in [7, 11) is 1.83. The molecule has 8 heteroatoms. The van der Waals surface area contributed by atoms with Crippen LogP contribution in [0.25, 0.3) is 10.9 Å². The second kappa shape index (κ2) is 9.91. The van der Waals surface area contributed by atoms with E-state index in [1.165, 1.54) is 6.07 Å². The number of aromatic amines is 1. The Kier molecular flexibility index (Phi) is 7.88. The Morgan fingerprint density at radius 3 is 3.00 bits per heavy atom. The Morgan fingerprint density at radius 2 is 2.26 bits per heavy atom. The van der Waals surface area contributed by atoms with Gasteiger partial charge in [0.05, 0.1) is 0 Å². The lowest BCUT2D eigenvalue weighted by Crippen LogP contribution is -2.51. The van der Waals surface area contributed by atoms with Gasteiger partial charge in [-0.25, -0.2) is 4.39 Å². The monoisotopic (exact) mass is 487 g/mol. The average Bonchev–Trinajstić information content (AvgIpc) is 3.00. The van der Waals surface area contributed by atoms with Crippen LogP contribution in [0.5, 0.6) is 0 Å². The molecule has 1 amide bonds. The smallest absolute Gasteiger partial charge is 0.222 e. The highest BCUT2D eigenvalue weighted by molar-refractivity contribution is 14.0. The van der Waals surface area contributed by atoms with Crippen molar-refractivity contribution in [2.45, 2.75) is 32.2 Å². The molecule has 148 valence electrons. The quantitative estimate of drug-likeness (QED) is 0.345. The van der Waals surface area contributed by atoms with E-state index in [1.54, 1.807) is 17.0 Å². The molecule has 1 fully saturated rings. The van der Waals surface area contributed by atoms with Gasteiger partial charge in [0.1, 0.15) is 5.82 Å². The normalized spacial score (nSPS) is 17.7. The number of benzene rings is 1. The van der Waals surface area contributed by atoms with Gasteiger partial charge in [0.2, 0.25) is 5.91 Å². The van der Waals surface area contributed by atoms with Crippen LogP contribution in [0, 0.1) is 5.82 Å². The summed E-state index contributed by atoms with van der Waals surface area (Å²) in [5, 5.41) is 7.57.